The summed E-state index contributed by atoms with van der Waals surface area (Å²) in [7, 11) is 0. The molecule has 0 saturated heterocycles. The molecule has 0 radical (unpaired) electrons. The molecule has 1 N–H and O–H groups in total. The van der Waals surface area contributed by atoms with E-state index in [2.05, 4.69) is 22.1 Å². The summed E-state index contributed by atoms with van der Waals surface area (Å²) in [5.41, 5.74) is 1.28. The molecule has 1 heterocycles. The van der Waals surface area contributed by atoms with E-state index >= 15 is 0 Å². The Labute approximate surface area is 88.7 Å². The summed E-state index contributed by atoms with van der Waals surface area (Å²) in [5, 5.41) is 2.59. The number of amides is 1. The van der Waals surface area contributed by atoms with Crippen LogP contribution in [-0.2, 0) is 4.74 Å². The van der Waals surface area contributed by atoms with Crippen molar-refractivity contribution >= 4 is 11.8 Å². The van der Waals surface area contributed by atoms with Gasteiger partial charge in [-0.25, -0.2) is 4.79 Å². The molecule has 0 saturated carbocycles. The Hall–Kier alpha value is -2.02. The summed E-state index contributed by atoms with van der Waals surface area (Å²) in [6, 6.07) is 1.68. The summed E-state index contributed by atoms with van der Waals surface area (Å²) in [5.74, 6) is 5.59. The number of carbonyl (C=O) groups is 1. The van der Waals surface area contributed by atoms with Crippen LogP contribution in [0, 0.1) is 11.8 Å². The van der Waals surface area contributed by atoms with Gasteiger partial charge in [-0.1, -0.05) is 5.92 Å². The molecule has 0 unspecified atom stereocenters. The molecule has 15 heavy (non-hydrogen) atoms. The first-order valence-electron chi connectivity index (χ1n) is 4.58. The Morgan fingerprint density at radius 1 is 1.67 bits per heavy atom. The highest BCUT2D eigenvalue weighted by molar-refractivity contribution is 5.86. The number of carbonyl (C=O) groups excluding carboxylic acids is 1. The van der Waals surface area contributed by atoms with Crippen LogP contribution in [0.3, 0.4) is 0 Å². The van der Waals surface area contributed by atoms with Crippen molar-refractivity contribution in [1.82, 2.24) is 4.98 Å². The Balaban J connectivity index is 2.82. The molecule has 0 aliphatic rings. The maximum atomic E-state index is 11.2. The summed E-state index contributed by atoms with van der Waals surface area (Å²) in [6.45, 7) is 3.81. The zero-order valence-electron chi connectivity index (χ0n) is 8.70. The van der Waals surface area contributed by atoms with Gasteiger partial charge in [0.2, 0.25) is 0 Å². The zero-order valence-corrected chi connectivity index (χ0v) is 8.70. The molecule has 0 aromatic carbocycles. The highest BCUT2D eigenvalue weighted by Crippen LogP contribution is 2.12. The van der Waals surface area contributed by atoms with E-state index in [9.17, 15) is 4.79 Å². The van der Waals surface area contributed by atoms with Crippen molar-refractivity contribution in [2.45, 2.75) is 13.8 Å². The van der Waals surface area contributed by atoms with Crippen molar-refractivity contribution in [2.24, 2.45) is 0 Å². The summed E-state index contributed by atoms with van der Waals surface area (Å²) in [6.07, 6.45) is 2.70. The van der Waals surface area contributed by atoms with E-state index < -0.39 is 6.09 Å². The highest BCUT2D eigenvalue weighted by Gasteiger charge is 2.04. The van der Waals surface area contributed by atoms with Gasteiger partial charge in [0.25, 0.3) is 0 Å². The minimum atomic E-state index is -0.483. The Kier molecular flexibility index (Phi) is 4.17. The predicted molar refractivity (Wildman–Crippen MR) is 57.4 cm³/mol. The molecular weight excluding hydrogens is 192 g/mol. The number of rotatable bonds is 2. The van der Waals surface area contributed by atoms with Gasteiger partial charge in [0.15, 0.2) is 0 Å². The first kappa shape index (κ1) is 11.1. The van der Waals surface area contributed by atoms with Crippen LogP contribution in [0.1, 0.15) is 19.4 Å². The number of anilines is 1. The lowest BCUT2D eigenvalue weighted by Crippen LogP contribution is -2.14. The lowest BCUT2D eigenvalue weighted by Gasteiger charge is -2.06. The van der Waals surface area contributed by atoms with Crippen molar-refractivity contribution in [1.29, 1.82) is 0 Å². The third-order valence-corrected chi connectivity index (χ3v) is 1.59. The fourth-order valence-corrected chi connectivity index (χ4v) is 1.01. The molecule has 1 amide bonds. The fraction of sp³-hybridized carbons (Fsp3) is 0.273. The van der Waals surface area contributed by atoms with Crippen LogP contribution in [0.25, 0.3) is 0 Å². The van der Waals surface area contributed by atoms with E-state index in [1.54, 1.807) is 32.3 Å². The quantitative estimate of drug-likeness (QED) is 0.750. The molecular formula is C11H12N2O2. The van der Waals surface area contributed by atoms with Crippen molar-refractivity contribution < 1.29 is 9.53 Å². The molecule has 78 valence electrons. The third kappa shape index (κ3) is 3.31. The van der Waals surface area contributed by atoms with Gasteiger partial charge in [0, 0.05) is 12.4 Å². The van der Waals surface area contributed by atoms with Gasteiger partial charge in [0.1, 0.15) is 0 Å². The second-order valence-electron chi connectivity index (χ2n) is 2.64. The highest BCUT2D eigenvalue weighted by atomic mass is 16.5. The number of ether oxygens (including phenoxy) is 1. The van der Waals surface area contributed by atoms with E-state index in [0.29, 0.717) is 17.9 Å². The SMILES string of the molecule is CC#Cc1cnccc1NC(=O)OCC. The van der Waals surface area contributed by atoms with Gasteiger partial charge in [-0.2, -0.15) is 0 Å². The number of pyridine rings is 1. The topological polar surface area (TPSA) is 51.2 Å². The molecule has 1 aromatic heterocycles. The van der Waals surface area contributed by atoms with E-state index in [1.165, 1.54) is 0 Å². The van der Waals surface area contributed by atoms with Crippen LogP contribution in [0.4, 0.5) is 10.5 Å². The first-order chi connectivity index (χ1) is 7.27. The van der Waals surface area contributed by atoms with Gasteiger partial charge in [-0.05, 0) is 19.9 Å². The van der Waals surface area contributed by atoms with Crippen molar-refractivity contribution in [3.05, 3.63) is 24.0 Å². The second-order valence-corrected chi connectivity index (χ2v) is 2.64. The van der Waals surface area contributed by atoms with Crippen LogP contribution in [0.2, 0.25) is 0 Å². The Morgan fingerprint density at radius 2 is 2.47 bits per heavy atom. The average molecular weight is 204 g/mol. The van der Waals surface area contributed by atoms with Crippen LogP contribution < -0.4 is 5.32 Å². The van der Waals surface area contributed by atoms with Gasteiger partial charge >= 0.3 is 6.09 Å². The van der Waals surface area contributed by atoms with E-state index in [0.717, 1.165) is 0 Å². The summed E-state index contributed by atoms with van der Waals surface area (Å²) >= 11 is 0. The number of aromatic nitrogens is 1. The third-order valence-electron chi connectivity index (χ3n) is 1.59. The smallest absolute Gasteiger partial charge is 0.411 e. The lowest BCUT2D eigenvalue weighted by molar-refractivity contribution is 0.168. The molecule has 0 spiro atoms. The minimum Gasteiger partial charge on any atom is -0.450 e. The fourth-order valence-electron chi connectivity index (χ4n) is 1.01. The average Bonchev–Trinajstić information content (AvgIpc) is 2.21. The molecule has 0 aliphatic carbocycles. The molecule has 4 nitrogen and oxygen atoms in total. The molecule has 0 bridgehead atoms. The second kappa shape index (κ2) is 5.66. The van der Waals surface area contributed by atoms with Crippen LogP contribution in [-0.4, -0.2) is 17.7 Å². The van der Waals surface area contributed by atoms with Gasteiger partial charge in [-0.15, -0.1) is 5.92 Å². The van der Waals surface area contributed by atoms with Crippen molar-refractivity contribution in [3.63, 3.8) is 0 Å². The Bertz CT molecular complexity index is 405. The van der Waals surface area contributed by atoms with E-state index in [4.69, 9.17) is 4.74 Å². The maximum Gasteiger partial charge on any atom is 0.411 e. The molecule has 1 rings (SSSR count). The van der Waals surface area contributed by atoms with Crippen LogP contribution >= 0.6 is 0 Å². The summed E-state index contributed by atoms with van der Waals surface area (Å²) in [4.78, 5) is 15.1. The maximum absolute atomic E-state index is 11.2. The number of nitrogens with zero attached hydrogens (tertiary/aromatic N) is 1. The monoisotopic (exact) mass is 204 g/mol. The summed E-state index contributed by atoms with van der Waals surface area (Å²) < 4.78 is 4.76. The normalized spacial score (nSPS) is 8.67. The number of hydrogen-bond acceptors (Lipinski definition) is 3. The van der Waals surface area contributed by atoms with Crippen molar-refractivity contribution in [2.75, 3.05) is 11.9 Å². The molecule has 4 heteroatoms. The van der Waals surface area contributed by atoms with Gasteiger partial charge in [0.05, 0.1) is 17.9 Å². The molecule has 0 fully saturated rings. The molecule has 1 aromatic rings. The van der Waals surface area contributed by atoms with Crippen molar-refractivity contribution in [3.8, 4) is 11.8 Å². The molecule has 0 atom stereocenters. The zero-order chi connectivity index (χ0) is 11.1. The largest absolute Gasteiger partial charge is 0.450 e. The standard InChI is InChI=1S/C11H12N2O2/c1-3-5-9-8-12-7-6-10(9)13-11(14)15-4-2/h6-8H,4H2,1-2H3,(H,12,13,14). The number of hydrogen-bond donors (Lipinski definition) is 1. The number of nitrogens with one attached hydrogen (secondary N) is 1. The first-order valence-corrected chi connectivity index (χ1v) is 4.58. The molecule has 0 aliphatic heterocycles. The van der Waals surface area contributed by atoms with Crippen LogP contribution in [0.5, 0.6) is 0 Å². The predicted octanol–water partition coefficient (Wildman–Crippen LogP) is 2.02. The van der Waals surface area contributed by atoms with Gasteiger partial charge < -0.3 is 4.74 Å². The van der Waals surface area contributed by atoms with Gasteiger partial charge in [-0.3, -0.25) is 10.3 Å². The minimum absolute atomic E-state index is 0.339. The van der Waals surface area contributed by atoms with E-state index in [-0.39, 0.29) is 0 Å². The Morgan fingerprint density at radius 3 is 3.13 bits per heavy atom. The van der Waals surface area contributed by atoms with E-state index in [1.807, 2.05) is 0 Å². The van der Waals surface area contributed by atoms with Crippen LogP contribution in [0.15, 0.2) is 18.5 Å². The lowest BCUT2D eigenvalue weighted by atomic mass is 10.2.